The van der Waals surface area contributed by atoms with E-state index in [0.717, 1.165) is 6.42 Å². The van der Waals surface area contributed by atoms with Crippen molar-refractivity contribution in [2.75, 3.05) is 0 Å². The van der Waals surface area contributed by atoms with Gasteiger partial charge >= 0.3 is 0 Å². The molecule has 3 heteroatoms. The van der Waals surface area contributed by atoms with Crippen molar-refractivity contribution in [3.05, 3.63) is 53.9 Å². The minimum atomic E-state index is 0.101. The Morgan fingerprint density at radius 1 is 1.25 bits per heavy atom. The van der Waals surface area contributed by atoms with Crippen molar-refractivity contribution < 1.29 is 4.79 Å². The molecule has 2 aromatic rings. The molecule has 0 aliphatic rings. The van der Waals surface area contributed by atoms with Gasteiger partial charge in [-0.1, -0.05) is 30.3 Å². The Morgan fingerprint density at radius 2 is 2.00 bits per heavy atom. The van der Waals surface area contributed by atoms with Crippen LogP contribution in [0, 0.1) is 0 Å². The summed E-state index contributed by atoms with van der Waals surface area (Å²) in [7, 11) is 1.81. The molecule has 0 aliphatic carbocycles. The third-order valence-corrected chi connectivity index (χ3v) is 2.48. The van der Waals surface area contributed by atoms with Crippen LogP contribution in [-0.4, -0.2) is 15.6 Å². The maximum Gasteiger partial charge on any atom is 0.183 e. The highest BCUT2D eigenvalue weighted by Gasteiger charge is 2.08. The van der Waals surface area contributed by atoms with Gasteiger partial charge in [0.15, 0.2) is 5.78 Å². The summed E-state index contributed by atoms with van der Waals surface area (Å²) >= 11 is 0. The van der Waals surface area contributed by atoms with Crippen molar-refractivity contribution in [3.8, 4) is 0 Å². The van der Waals surface area contributed by atoms with E-state index in [1.54, 1.807) is 16.9 Å². The average Bonchev–Trinajstić information content (AvgIpc) is 2.74. The normalized spacial score (nSPS) is 10.3. The Hall–Kier alpha value is -1.90. The lowest BCUT2D eigenvalue weighted by Gasteiger charge is -1.98. The quantitative estimate of drug-likeness (QED) is 0.731. The molecule has 0 N–H and O–H groups in total. The fraction of sp³-hybridized carbons (Fsp3) is 0.231. The standard InChI is InChI=1S/C13H14N2O/c1-15-10-9-12(14-15)13(16)8-7-11-5-3-2-4-6-11/h2-6,9-10H,7-8H2,1H3. The number of aryl methyl sites for hydroxylation is 2. The highest BCUT2D eigenvalue weighted by molar-refractivity contribution is 5.94. The van der Waals surface area contributed by atoms with Crippen molar-refractivity contribution in [3.63, 3.8) is 0 Å². The highest BCUT2D eigenvalue weighted by Crippen LogP contribution is 2.06. The molecule has 0 amide bonds. The summed E-state index contributed by atoms with van der Waals surface area (Å²) in [6, 6.07) is 11.8. The Labute approximate surface area is 94.7 Å². The molecule has 2 rings (SSSR count). The van der Waals surface area contributed by atoms with E-state index in [-0.39, 0.29) is 5.78 Å². The molecule has 0 aliphatic heterocycles. The first-order valence-corrected chi connectivity index (χ1v) is 5.32. The van der Waals surface area contributed by atoms with Crippen molar-refractivity contribution >= 4 is 5.78 Å². The Kier molecular flexibility index (Phi) is 3.15. The van der Waals surface area contributed by atoms with Gasteiger partial charge in [0.05, 0.1) is 0 Å². The summed E-state index contributed by atoms with van der Waals surface area (Å²) in [5.74, 6) is 0.101. The zero-order valence-electron chi connectivity index (χ0n) is 9.26. The van der Waals surface area contributed by atoms with Crippen molar-refractivity contribution in [1.29, 1.82) is 0 Å². The van der Waals surface area contributed by atoms with Gasteiger partial charge in [0.25, 0.3) is 0 Å². The van der Waals surface area contributed by atoms with Gasteiger partial charge in [0.2, 0.25) is 0 Å². The van der Waals surface area contributed by atoms with Crippen LogP contribution in [0.5, 0.6) is 0 Å². The van der Waals surface area contributed by atoms with E-state index in [4.69, 9.17) is 0 Å². The number of hydrogen-bond donors (Lipinski definition) is 0. The highest BCUT2D eigenvalue weighted by atomic mass is 16.1. The fourth-order valence-electron chi connectivity index (χ4n) is 1.59. The molecule has 1 heterocycles. The summed E-state index contributed by atoms with van der Waals surface area (Å²) in [5.41, 5.74) is 1.74. The monoisotopic (exact) mass is 214 g/mol. The SMILES string of the molecule is Cn1ccc(C(=O)CCc2ccccc2)n1. The third-order valence-electron chi connectivity index (χ3n) is 2.48. The first kappa shape index (κ1) is 10.6. The van der Waals surface area contributed by atoms with Gasteiger partial charge in [-0.25, -0.2) is 0 Å². The summed E-state index contributed by atoms with van der Waals surface area (Å²) in [6.07, 6.45) is 3.08. The van der Waals surface area contributed by atoms with Gasteiger partial charge in [0, 0.05) is 19.7 Å². The van der Waals surface area contributed by atoms with Gasteiger partial charge in [-0.3, -0.25) is 9.48 Å². The number of Topliss-reactive ketones (excluding diaryl/α,β-unsaturated/α-hetero) is 1. The van der Waals surface area contributed by atoms with E-state index in [0.29, 0.717) is 12.1 Å². The van der Waals surface area contributed by atoms with E-state index < -0.39 is 0 Å². The topological polar surface area (TPSA) is 34.9 Å². The molecular formula is C13H14N2O. The molecule has 0 atom stereocenters. The molecule has 0 bridgehead atoms. The fourth-order valence-corrected chi connectivity index (χ4v) is 1.59. The predicted octanol–water partition coefficient (Wildman–Crippen LogP) is 2.24. The molecule has 0 spiro atoms. The number of benzene rings is 1. The van der Waals surface area contributed by atoms with Crippen LogP contribution in [0.4, 0.5) is 0 Å². The molecule has 3 nitrogen and oxygen atoms in total. The van der Waals surface area contributed by atoms with Crippen LogP contribution in [0.2, 0.25) is 0 Å². The Morgan fingerprint density at radius 3 is 2.62 bits per heavy atom. The van der Waals surface area contributed by atoms with Gasteiger partial charge in [0.1, 0.15) is 5.69 Å². The zero-order chi connectivity index (χ0) is 11.4. The van der Waals surface area contributed by atoms with E-state index in [1.165, 1.54) is 5.56 Å². The van der Waals surface area contributed by atoms with Gasteiger partial charge in [-0.15, -0.1) is 0 Å². The molecule has 0 saturated carbocycles. The van der Waals surface area contributed by atoms with E-state index in [9.17, 15) is 4.79 Å². The molecule has 0 saturated heterocycles. The van der Waals surface area contributed by atoms with Crippen molar-refractivity contribution in [2.45, 2.75) is 12.8 Å². The summed E-state index contributed by atoms with van der Waals surface area (Å²) in [5, 5.41) is 4.09. The maximum absolute atomic E-state index is 11.8. The maximum atomic E-state index is 11.8. The lowest BCUT2D eigenvalue weighted by molar-refractivity contribution is 0.0977. The van der Waals surface area contributed by atoms with E-state index in [1.807, 2.05) is 37.4 Å². The van der Waals surface area contributed by atoms with Crippen LogP contribution < -0.4 is 0 Å². The van der Waals surface area contributed by atoms with Crippen molar-refractivity contribution in [1.82, 2.24) is 9.78 Å². The molecular weight excluding hydrogens is 200 g/mol. The number of hydrogen-bond acceptors (Lipinski definition) is 2. The van der Waals surface area contributed by atoms with Gasteiger partial charge in [-0.2, -0.15) is 5.10 Å². The lowest BCUT2D eigenvalue weighted by Crippen LogP contribution is -2.03. The second kappa shape index (κ2) is 4.75. The van der Waals surface area contributed by atoms with E-state index in [2.05, 4.69) is 5.10 Å². The van der Waals surface area contributed by atoms with Crippen LogP contribution in [0.3, 0.4) is 0 Å². The Bertz CT molecular complexity index is 474. The molecule has 82 valence electrons. The van der Waals surface area contributed by atoms with Crippen molar-refractivity contribution in [2.24, 2.45) is 7.05 Å². The molecule has 0 radical (unpaired) electrons. The smallest absolute Gasteiger partial charge is 0.183 e. The number of rotatable bonds is 4. The second-order valence-corrected chi connectivity index (χ2v) is 3.78. The average molecular weight is 214 g/mol. The largest absolute Gasteiger partial charge is 0.292 e. The van der Waals surface area contributed by atoms with Crippen LogP contribution in [0.1, 0.15) is 22.5 Å². The number of ketones is 1. The van der Waals surface area contributed by atoms with Crippen LogP contribution in [0.25, 0.3) is 0 Å². The Balaban J connectivity index is 1.94. The molecule has 0 fully saturated rings. The van der Waals surface area contributed by atoms with E-state index >= 15 is 0 Å². The van der Waals surface area contributed by atoms with Crippen LogP contribution >= 0.6 is 0 Å². The number of nitrogens with zero attached hydrogens (tertiary/aromatic N) is 2. The number of carbonyl (C=O) groups is 1. The van der Waals surface area contributed by atoms with Crippen LogP contribution in [-0.2, 0) is 13.5 Å². The molecule has 1 aromatic carbocycles. The minimum Gasteiger partial charge on any atom is -0.292 e. The van der Waals surface area contributed by atoms with Gasteiger partial charge < -0.3 is 0 Å². The molecule has 16 heavy (non-hydrogen) atoms. The predicted molar refractivity (Wildman–Crippen MR) is 62.3 cm³/mol. The van der Waals surface area contributed by atoms with Gasteiger partial charge in [-0.05, 0) is 18.1 Å². The minimum absolute atomic E-state index is 0.101. The first-order valence-electron chi connectivity index (χ1n) is 5.32. The first-order chi connectivity index (χ1) is 7.75. The number of aromatic nitrogens is 2. The zero-order valence-corrected chi connectivity index (χ0v) is 9.26. The molecule has 0 unspecified atom stereocenters. The second-order valence-electron chi connectivity index (χ2n) is 3.78. The third kappa shape index (κ3) is 2.57. The molecule has 1 aromatic heterocycles. The lowest BCUT2D eigenvalue weighted by atomic mass is 10.1. The summed E-state index contributed by atoms with van der Waals surface area (Å²) in [6.45, 7) is 0. The summed E-state index contributed by atoms with van der Waals surface area (Å²) < 4.78 is 1.65. The van der Waals surface area contributed by atoms with Crippen LogP contribution in [0.15, 0.2) is 42.6 Å². The number of carbonyl (C=O) groups excluding carboxylic acids is 1. The summed E-state index contributed by atoms with van der Waals surface area (Å²) in [4.78, 5) is 11.8.